The molecule has 13 heavy (non-hydrogen) atoms. The molecule has 1 atom stereocenters. The number of hydrogen-bond donors (Lipinski definition) is 0. The highest BCUT2D eigenvalue weighted by molar-refractivity contribution is 7.98. The van der Waals surface area contributed by atoms with Gasteiger partial charge in [-0.1, -0.05) is 11.6 Å². The number of rotatable bonds is 4. The lowest BCUT2D eigenvalue weighted by molar-refractivity contribution is 0.758. The molecule has 1 heterocycles. The molecule has 3 nitrogen and oxygen atoms in total. The van der Waals surface area contributed by atoms with Crippen molar-refractivity contribution >= 4 is 40.9 Å². The summed E-state index contributed by atoms with van der Waals surface area (Å²) in [5.74, 6) is 1.85. The van der Waals surface area contributed by atoms with Crippen molar-refractivity contribution in [1.29, 1.82) is 0 Å². The van der Waals surface area contributed by atoms with Crippen LogP contribution < -0.4 is 4.90 Å². The summed E-state index contributed by atoms with van der Waals surface area (Å²) in [6.07, 6.45) is 2.09. The van der Waals surface area contributed by atoms with Crippen molar-refractivity contribution in [2.75, 3.05) is 24.0 Å². The average Bonchev–Trinajstić information content (AvgIpc) is 2.50. The van der Waals surface area contributed by atoms with E-state index in [1.165, 1.54) is 0 Å². The molecule has 74 valence electrons. The highest BCUT2D eigenvalue weighted by Gasteiger charge is 2.15. The third-order valence-corrected chi connectivity index (χ3v) is 3.52. The average molecular weight is 238 g/mol. The van der Waals surface area contributed by atoms with E-state index in [2.05, 4.69) is 26.8 Å². The number of hydrogen-bond acceptors (Lipinski definition) is 5. The van der Waals surface area contributed by atoms with E-state index < -0.39 is 0 Å². The van der Waals surface area contributed by atoms with E-state index in [0.717, 1.165) is 23.3 Å². The third kappa shape index (κ3) is 2.72. The van der Waals surface area contributed by atoms with E-state index in [-0.39, 0.29) is 0 Å². The predicted octanol–water partition coefficient (Wildman–Crippen LogP) is 2.38. The van der Waals surface area contributed by atoms with E-state index in [1.807, 2.05) is 18.8 Å². The summed E-state index contributed by atoms with van der Waals surface area (Å²) in [6.45, 7) is 2.15. The number of anilines is 1. The van der Waals surface area contributed by atoms with Gasteiger partial charge in [-0.3, -0.25) is 0 Å². The molecule has 0 N–H and O–H groups in total. The lowest BCUT2D eigenvalue weighted by atomic mass is 10.3. The van der Waals surface area contributed by atoms with Crippen LogP contribution >= 0.6 is 35.1 Å². The van der Waals surface area contributed by atoms with Gasteiger partial charge in [-0.2, -0.15) is 20.5 Å². The molecule has 1 rings (SSSR count). The van der Waals surface area contributed by atoms with Gasteiger partial charge in [0.25, 0.3) is 0 Å². The predicted molar refractivity (Wildman–Crippen MR) is 61.2 cm³/mol. The summed E-state index contributed by atoms with van der Waals surface area (Å²) in [5, 5.41) is 0.500. The smallest absolute Gasteiger partial charge is 0.187 e. The van der Waals surface area contributed by atoms with Crippen LogP contribution in [-0.2, 0) is 0 Å². The first-order chi connectivity index (χ1) is 6.16. The summed E-state index contributed by atoms with van der Waals surface area (Å²) in [6, 6.07) is 0.427. The van der Waals surface area contributed by atoms with Gasteiger partial charge >= 0.3 is 0 Å². The molecule has 0 amide bonds. The topological polar surface area (TPSA) is 29.0 Å². The Morgan fingerprint density at radius 2 is 2.31 bits per heavy atom. The van der Waals surface area contributed by atoms with Crippen LogP contribution in [0.3, 0.4) is 0 Å². The van der Waals surface area contributed by atoms with Crippen molar-refractivity contribution in [2.45, 2.75) is 13.0 Å². The first kappa shape index (κ1) is 11.1. The molecule has 0 radical (unpaired) electrons. The number of aromatic nitrogens is 2. The van der Waals surface area contributed by atoms with Gasteiger partial charge in [-0.05, 0) is 13.2 Å². The monoisotopic (exact) mass is 237 g/mol. The van der Waals surface area contributed by atoms with Crippen LogP contribution in [0.1, 0.15) is 6.92 Å². The molecule has 0 aliphatic heterocycles. The van der Waals surface area contributed by atoms with Gasteiger partial charge in [-0.25, -0.2) is 0 Å². The van der Waals surface area contributed by atoms with Gasteiger partial charge in [0.15, 0.2) is 11.0 Å². The molecule has 0 aromatic carbocycles. The van der Waals surface area contributed by atoms with E-state index in [0.29, 0.717) is 11.2 Å². The van der Waals surface area contributed by atoms with E-state index in [1.54, 1.807) is 0 Å². The van der Waals surface area contributed by atoms with Crippen molar-refractivity contribution in [3.05, 3.63) is 5.15 Å². The minimum Gasteiger partial charge on any atom is -0.353 e. The van der Waals surface area contributed by atoms with Gasteiger partial charge in [0.1, 0.15) is 0 Å². The Hall–Kier alpha value is -0.0000000000000000555. The van der Waals surface area contributed by atoms with Crippen LogP contribution in [0, 0.1) is 0 Å². The van der Waals surface area contributed by atoms with Crippen molar-refractivity contribution in [3.63, 3.8) is 0 Å². The summed E-state index contributed by atoms with van der Waals surface area (Å²) in [4.78, 5) is 2.06. The van der Waals surface area contributed by atoms with Gasteiger partial charge < -0.3 is 4.90 Å². The number of nitrogens with zero attached hydrogens (tertiary/aromatic N) is 3. The van der Waals surface area contributed by atoms with Crippen LogP contribution in [0.2, 0.25) is 5.15 Å². The van der Waals surface area contributed by atoms with Crippen LogP contribution in [0.5, 0.6) is 0 Å². The van der Waals surface area contributed by atoms with Gasteiger partial charge in [0.2, 0.25) is 0 Å². The Labute approximate surface area is 91.8 Å². The second-order valence-electron chi connectivity index (χ2n) is 2.79. The maximum Gasteiger partial charge on any atom is 0.187 e. The minimum absolute atomic E-state index is 0.427. The Balaban J connectivity index is 2.67. The van der Waals surface area contributed by atoms with Crippen molar-refractivity contribution in [3.8, 4) is 0 Å². The molecule has 1 unspecified atom stereocenters. The standard InChI is InChI=1S/C7H12ClN3S2/c1-5(4-12-3)11(2)7-6(8)9-13-10-7/h5H,4H2,1-3H3. The van der Waals surface area contributed by atoms with Crippen molar-refractivity contribution in [2.24, 2.45) is 0 Å². The molecule has 0 aliphatic carbocycles. The highest BCUT2D eigenvalue weighted by Crippen LogP contribution is 2.23. The number of halogens is 1. The van der Waals surface area contributed by atoms with Gasteiger partial charge in [-0.15, -0.1) is 0 Å². The Bertz CT molecular complexity index is 266. The quantitative estimate of drug-likeness (QED) is 0.804. The van der Waals surface area contributed by atoms with Gasteiger partial charge in [0.05, 0.1) is 11.7 Å². The minimum atomic E-state index is 0.427. The molecule has 0 spiro atoms. The fourth-order valence-corrected chi connectivity index (χ4v) is 2.46. The molecule has 0 saturated heterocycles. The molecule has 0 fully saturated rings. The van der Waals surface area contributed by atoms with Crippen LogP contribution in [0.4, 0.5) is 5.82 Å². The summed E-state index contributed by atoms with van der Waals surface area (Å²) < 4.78 is 8.06. The Morgan fingerprint density at radius 3 is 2.77 bits per heavy atom. The largest absolute Gasteiger partial charge is 0.353 e. The zero-order valence-corrected chi connectivity index (χ0v) is 10.2. The van der Waals surface area contributed by atoms with Crippen LogP contribution in [0.25, 0.3) is 0 Å². The van der Waals surface area contributed by atoms with E-state index >= 15 is 0 Å². The molecule has 0 bridgehead atoms. The maximum absolute atomic E-state index is 5.87. The van der Waals surface area contributed by atoms with Crippen molar-refractivity contribution in [1.82, 2.24) is 8.75 Å². The fourth-order valence-electron chi connectivity index (χ4n) is 0.945. The summed E-state index contributed by atoms with van der Waals surface area (Å²) in [5.41, 5.74) is 0. The zero-order chi connectivity index (χ0) is 9.84. The van der Waals surface area contributed by atoms with Crippen LogP contribution in [-0.4, -0.2) is 33.8 Å². The molecule has 0 aliphatic rings. The maximum atomic E-state index is 5.87. The van der Waals surface area contributed by atoms with Crippen LogP contribution in [0.15, 0.2) is 0 Å². The normalized spacial score (nSPS) is 12.9. The molecular weight excluding hydrogens is 226 g/mol. The molecular formula is C7H12ClN3S2. The Kier molecular flexibility index (Phi) is 4.28. The highest BCUT2D eigenvalue weighted by atomic mass is 35.5. The molecule has 1 aromatic rings. The summed E-state index contributed by atoms with van der Waals surface area (Å²) in [7, 11) is 1.99. The third-order valence-electron chi connectivity index (χ3n) is 1.84. The number of thioether (sulfide) groups is 1. The molecule has 0 saturated carbocycles. The van der Waals surface area contributed by atoms with E-state index in [9.17, 15) is 0 Å². The molecule has 1 aromatic heterocycles. The van der Waals surface area contributed by atoms with E-state index in [4.69, 9.17) is 11.6 Å². The Morgan fingerprint density at radius 1 is 1.62 bits per heavy atom. The van der Waals surface area contributed by atoms with Gasteiger partial charge in [0, 0.05) is 18.8 Å². The van der Waals surface area contributed by atoms with Crippen molar-refractivity contribution < 1.29 is 0 Å². The lowest BCUT2D eigenvalue weighted by Crippen LogP contribution is -2.31. The summed E-state index contributed by atoms with van der Waals surface area (Å²) >= 11 is 8.83. The SMILES string of the molecule is CSCC(C)N(C)c1nsnc1Cl. The zero-order valence-electron chi connectivity index (χ0n) is 7.82. The first-order valence-electron chi connectivity index (χ1n) is 3.86. The molecule has 6 heteroatoms. The second-order valence-corrected chi connectivity index (χ2v) is 4.59. The second kappa shape index (κ2) is 5.02. The first-order valence-corrected chi connectivity index (χ1v) is 6.36. The lowest BCUT2D eigenvalue weighted by Gasteiger charge is -2.23. The fraction of sp³-hybridized carbons (Fsp3) is 0.714.